The topological polar surface area (TPSA) is 81.7 Å². The van der Waals surface area contributed by atoms with Crippen LogP contribution in [-0.4, -0.2) is 19.7 Å². The van der Waals surface area contributed by atoms with E-state index in [4.69, 9.17) is 5.73 Å². The second-order valence-electron chi connectivity index (χ2n) is 2.83. The van der Waals surface area contributed by atoms with Gasteiger partial charge >= 0.3 is 0 Å². The number of nitrogens with zero attached hydrogens (tertiary/aromatic N) is 4. The highest BCUT2D eigenvalue weighted by molar-refractivity contribution is 5.51. The molecule has 0 saturated heterocycles. The minimum atomic E-state index is 0.436. The number of aryl methyl sites for hydroxylation is 1. The summed E-state index contributed by atoms with van der Waals surface area (Å²) in [5.41, 5.74) is 6.34. The molecular weight excluding hydrogens is 180 g/mol. The molecule has 0 aliphatic rings. The van der Waals surface area contributed by atoms with Gasteiger partial charge in [0.25, 0.3) is 0 Å². The van der Waals surface area contributed by atoms with Crippen LogP contribution in [-0.2, 0) is 7.05 Å². The largest absolute Gasteiger partial charge is 0.384 e. The Hall–Kier alpha value is -2.11. The monoisotopic (exact) mass is 190 g/mol. The summed E-state index contributed by atoms with van der Waals surface area (Å²) in [5, 5.41) is 6.98. The third kappa shape index (κ3) is 1.79. The van der Waals surface area contributed by atoms with E-state index in [-0.39, 0.29) is 0 Å². The lowest BCUT2D eigenvalue weighted by molar-refractivity contribution is 0.768. The maximum Gasteiger partial charge on any atom is 0.229 e. The van der Waals surface area contributed by atoms with Crippen molar-refractivity contribution < 1.29 is 0 Å². The molecule has 3 N–H and O–H groups in total. The van der Waals surface area contributed by atoms with Crippen molar-refractivity contribution in [3.63, 3.8) is 0 Å². The molecular formula is C8H10N6. The van der Waals surface area contributed by atoms with Crippen molar-refractivity contribution in [3.8, 4) is 0 Å². The van der Waals surface area contributed by atoms with Gasteiger partial charge in [-0.25, -0.2) is 4.98 Å². The molecule has 0 aliphatic heterocycles. The van der Waals surface area contributed by atoms with E-state index in [0.29, 0.717) is 11.8 Å². The van der Waals surface area contributed by atoms with E-state index in [2.05, 4.69) is 20.4 Å². The number of anilines is 3. The van der Waals surface area contributed by atoms with Crippen LogP contribution in [0.5, 0.6) is 0 Å². The van der Waals surface area contributed by atoms with Gasteiger partial charge in [0, 0.05) is 19.4 Å². The Bertz CT molecular complexity index is 435. The van der Waals surface area contributed by atoms with Gasteiger partial charge in [0.15, 0.2) is 0 Å². The Labute approximate surface area is 80.8 Å². The van der Waals surface area contributed by atoms with Gasteiger partial charge in [0.1, 0.15) is 5.82 Å². The molecule has 0 radical (unpaired) electrons. The lowest BCUT2D eigenvalue weighted by Crippen LogP contribution is -1.98. The van der Waals surface area contributed by atoms with Crippen LogP contribution < -0.4 is 11.1 Å². The van der Waals surface area contributed by atoms with Crippen molar-refractivity contribution in [2.45, 2.75) is 0 Å². The standard InChI is InChI=1S/C8H10N6/c1-14-5-6(4-11-14)12-8-10-3-2-7(9)13-8/h2-5H,1H3,(H3,9,10,12,13). The van der Waals surface area contributed by atoms with Gasteiger partial charge in [-0.2, -0.15) is 10.1 Å². The molecule has 0 spiro atoms. The van der Waals surface area contributed by atoms with Crippen LogP contribution in [0.25, 0.3) is 0 Å². The highest BCUT2D eigenvalue weighted by Gasteiger charge is 1.99. The number of rotatable bonds is 2. The third-order valence-corrected chi connectivity index (χ3v) is 1.64. The summed E-state index contributed by atoms with van der Waals surface area (Å²) in [4.78, 5) is 8.00. The quantitative estimate of drug-likeness (QED) is 0.722. The molecule has 0 aliphatic carbocycles. The first-order valence-corrected chi connectivity index (χ1v) is 4.08. The number of nitrogen functional groups attached to an aromatic ring is 1. The molecule has 6 nitrogen and oxygen atoms in total. The molecule has 0 atom stereocenters. The molecule has 0 unspecified atom stereocenters. The Kier molecular flexibility index (Phi) is 2.02. The summed E-state index contributed by atoms with van der Waals surface area (Å²) >= 11 is 0. The molecule has 2 heterocycles. The molecule has 14 heavy (non-hydrogen) atoms. The maximum absolute atomic E-state index is 5.51. The zero-order valence-corrected chi connectivity index (χ0v) is 7.68. The second kappa shape index (κ2) is 3.33. The summed E-state index contributed by atoms with van der Waals surface area (Å²) in [6.07, 6.45) is 5.11. The summed E-state index contributed by atoms with van der Waals surface area (Å²) < 4.78 is 1.69. The fourth-order valence-electron chi connectivity index (χ4n) is 1.05. The lowest BCUT2D eigenvalue weighted by Gasteiger charge is -2.00. The fourth-order valence-corrected chi connectivity index (χ4v) is 1.05. The molecule has 0 bridgehead atoms. The number of nitrogens with two attached hydrogens (primary N) is 1. The molecule has 2 aromatic rings. The van der Waals surface area contributed by atoms with Gasteiger partial charge in [-0.05, 0) is 6.07 Å². The number of nitrogens with one attached hydrogen (secondary N) is 1. The molecule has 2 rings (SSSR count). The smallest absolute Gasteiger partial charge is 0.229 e. The Morgan fingerprint density at radius 1 is 1.50 bits per heavy atom. The number of aromatic nitrogens is 4. The summed E-state index contributed by atoms with van der Waals surface area (Å²) in [6.45, 7) is 0. The van der Waals surface area contributed by atoms with Crippen LogP contribution in [0.2, 0.25) is 0 Å². The SMILES string of the molecule is Cn1cc(Nc2nccc(N)n2)cn1. The van der Waals surface area contributed by atoms with Gasteiger partial charge < -0.3 is 11.1 Å². The summed E-state index contributed by atoms with van der Waals surface area (Å²) in [7, 11) is 1.84. The van der Waals surface area contributed by atoms with Crippen molar-refractivity contribution in [2.24, 2.45) is 7.05 Å². The van der Waals surface area contributed by atoms with Crippen LogP contribution in [0, 0.1) is 0 Å². The number of hydrogen-bond donors (Lipinski definition) is 2. The first-order chi connectivity index (χ1) is 6.74. The van der Waals surface area contributed by atoms with Crippen LogP contribution in [0.4, 0.5) is 17.5 Å². The van der Waals surface area contributed by atoms with Gasteiger partial charge in [-0.15, -0.1) is 0 Å². The molecule has 0 amide bonds. The Morgan fingerprint density at radius 3 is 3.00 bits per heavy atom. The number of hydrogen-bond acceptors (Lipinski definition) is 5. The van der Waals surface area contributed by atoms with Crippen LogP contribution in [0.15, 0.2) is 24.7 Å². The average Bonchev–Trinajstić information content (AvgIpc) is 2.51. The Balaban J connectivity index is 2.18. The van der Waals surface area contributed by atoms with Crippen molar-refractivity contribution in [2.75, 3.05) is 11.1 Å². The summed E-state index contributed by atoms with van der Waals surface area (Å²) in [6, 6.07) is 1.63. The van der Waals surface area contributed by atoms with E-state index in [0.717, 1.165) is 5.69 Å². The third-order valence-electron chi connectivity index (χ3n) is 1.64. The van der Waals surface area contributed by atoms with E-state index in [1.165, 1.54) is 0 Å². The van der Waals surface area contributed by atoms with Crippen LogP contribution in [0.3, 0.4) is 0 Å². The zero-order chi connectivity index (χ0) is 9.97. The van der Waals surface area contributed by atoms with Gasteiger partial charge in [-0.1, -0.05) is 0 Å². The molecule has 6 heteroatoms. The zero-order valence-electron chi connectivity index (χ0n) is 7.68. The van der Waals surface area contributed by atoms with Crippen molar-refractivity contribution in [1.82, 2.24) is 19.7 Å². The predicted molar refractivity (Wildman–Crippen MR) is 52.9 cm³/mol. The molecule has 0 fully saturated rings. The highest BCUT2D eigenvalue weighted by atomic mass is 15.3. The highest BCUT2D eigenvalue weighted by Crippen LogP contribution is 2.10. The minimum Gasteiger partial charge on any atom is -0.384 e. The second-order valence-corrected chi connectivity index (χ2v) is 2.83. The fraction of sp³-hybridized carbons (Fsp3) is 0.125. The van der Waals surface area contributed by atoms with Crippen LogP contribution in [0.1, 0.15) is 0 Å². The van der Waals surface area contributed by atoms with E-state index in [9.17, 15) is 0 Å². The van der Waals surface area contributed by atoms with Crippen LogP contribution >= 0.6 is 0 Å². The first-order valence-electron chi connectivity index (χ1n) is 4.08. The molecule has 2 aromatic heterocycles. The molecule has 0 aromatic carbocycles. The van der Waals surface area contributed by atoms with Crippen molar-refractivity contribution in [1.29, 1.82) is 0 Å². The summed E-state index contributed by atoms with van der Waals surface area (Å²) in [5.74, 6) is 0.907. The van der Waals surface area contributed by atoms with Gasteiger partial charge in [0.2, 0.25) is 5.95 Å². The van der Waals surface area contributed by atoms with E-state index in [1.54, 1.807) is 23.1 Å². The first kappa shape index (κ1) is 8.49. The predicted octanol–water partition coefficient (Wildman–Crippen LogP) is 0.536. The van der Waals surface area contributed by atoms with E-state index in [1.807, 2.05) is 13.2 Å². The average molecular weight is 190 g/mol. The lowest BCUT2D eigenvalue weighted by atomic mass is 10.5. The van der Waals surface area contributed by atoms with Crippen molar-refractivity contribution >= 4 is 17.5 Å². The van der Waals surface area contributed by atoms with E-state index < -0.39 is 0 Å². The van der Waals surface area contributed by atoms with E-state index >= 15 is 0 Å². The normalized spacial score (nSPS) is 10.1. The Morgan fingerprint density at radius 2 is 2.36 bits per heavy atom. The molecule has 0 saturated carbocycles. The van der Waals surface area contributed by atoms with Gasteiger partial charge in [-0.3, -0.25) is 4.68 Å². The maximum atomic E-state index is 5.51. The minimum absolute atomic E-state index is 0.436. The molecule has 72 valence electrons. The van der Waals surface area contributed by atoms with Gasteiger partial charge in [0.05, 0.1) is 11.9 Å². The van der Waals surface area contributed by atoms with Crippen molar-refractivity contribution in [3.05, 3.63) is 24.7 Å².